The van der Waals surface area contributed by atoms with Crippen molar-refractivity contribution in [1.82, 2.24) is 9.88 Å². The molecule has 0 N–H and O–H groups in total. The monoisotopic (exact) mass is 364 g/mol. The molecule has 2 aromatic rings. The molecular formula is C22H24N2O3. The zero-order valence-electron chi connectivity index (χ0n) is 15.7. The van der Waals surface area contributed by atoms with E-state index in [1.807, 2.05) is 48.4 Å². The quantitative estimate of drug-likeness (QED) is 0.829. The minimum absolute atomic E-state index is 0.0190. The molecule has 5 nitrogen and oxygen atoms in total. The molecule has 1 saturated heterocycles. The number of aromatic nitrogens is 1. The maximum atomic E-state index is 12.7. The standard InChI is InChI=1S/C22H24N2O3/c1-15-8-16(2)21(23-11-15)18-9-19-13-26-14-20(10-18)24(19)22(25)27-12-17-6-4-3-5-7-17/h3-9,11,19-20H,10,12-14H2,1-2H3. The highest BCUT2D eigenvalue weighted by molar-refractivity contribution is 5.74. The first-order chi connectivity index (χ1) is 13.1. The fourth-order valence-electron chi connectivity index (χ4n) is 3.90. The number of ether oxygens (including phenoxy) is 2. The van der Waals surface area contributed by atoms with Crippen LogP contribution in [0, 0.1) is 13.8 Å². The molecule has 4 rings (SSSR count). The summed E-state index contributed by atoms with van der Waals surface area (Å²) in [6.45, 7) is 5.44. The number of carbonyl (C=O) groups is 1. The van der Waals surface area contributed by atoms with Crippen molar-refractivity contribution in [2.75, 3.05) is 13.2 Å². The third-order valence-electron chi connectivity index (χ3n) is 5.13. The van der Waals surface area contributed by atoms with E-state index in [-0.39, 0.29) is 24.8 Å². The van der Waals surface area contributed by atoms with Crippen molar-refractivity contribution in [2.24, 2.45) is 0 Å². The Labute approximate surface area is 159 Å². The van der Waals surface area contributed by atoms with Crippen molar-refractivity contribution in [3.05, 3.63) is 71.1 Å². The van der Waals surface area contributed by atoms with Gasteiger partial charge in [-0.05, 0) is 42.5 Å². The highest BCUT2D eigenvalue weighted by Crippen LogP contribution is 2.33. The summed E-state index contributed by atoms with van der Waals surface area (Å²) in [5.74, 6) is 0. The van der Waals surface area contributed by atoms with Gasteiger partial charge in [-0.15, -0.1) is 0 Å². The van der Waals surface area contributed by atoms with Crippen LogP contribution in [0.4, 0.5) is 4.79 Å². The fourth-order valence-corrected chi connectivity index (χ4v) is 3.90. The summed E-state index contributed by atoms with van der Waals surface area (Å²) in [5, 5.41) is 0. The van der Waals surface area contributed by atoms with Gasteiger partial charge in [-0.3, -0.25) is 9.88 Å². The molecule has 2 bridgehead atoms. The van der Waals surface area contributed by atoms with Crippen LogP contribution >= 0.6 is 0 Å². The van der Waals surface area contributed by atoms with E-state index < -0.39 is 0 Å². The Kier molecular flexibility index (Phi) is 4.94. The van der Waals surface area contributed by atoms with Crippen LogP contribution in [0.1, 0.15) is 28.8 Å². The molecular weight excluding hydrogens is 340 g/mol. The third-order valence-corrected chi connectivity index (χ3v) is 5.13. The molecule has 1 aromatic carbocycles. The topological polar surface area (TPSA) is 51.7 Å². The van der Waals surface area contributed by atoms with E-state index in [1.54, 1.807) is 0 Å². The lowest BCUT2D eigenvalue weighted by molar-refractivity contribution is -0.0342. The summed E-state index contributed by atoms with van der Waals surface area (Å²) in [7, 11) is 0. The number of hydrogen-bond donors (Lipinski definition) is 0. The number of nitrogens with zero attached hydrogens (tertiary/aromatic N) is 2. The lowest BCUT2D eigenvalue weighted by Gasteiger charge is -2.43. The van der Waals surface area contributed by atoms with Gasteiger partial charge in [-0.1, -0.05) is 42.5 Å². The van der Waals surface area contributed by atoms with E-state index in [9.17, 15) is 4.79 Å². The van der Waals surface area contributed by atoms with Crippen LogP contribution < -0.4 is 0 Å². The van der Waals surface area contributed by atoms with Crippen molar-refractivity contribution in [3.63, 3.8) is 0 Å². The van der Waals surface area contributed by atoms with Gasteiger partial charge in [0.1, 0.15) is 6.61 Å². The molecule has 0 saturated carbocycles. The molecule has 2 aliphatic rings. The van der Waals surface area contributed by atoms with Gasteiger partial charge in [-0.25, -0.2) is 4.79 Å². The molecule has 5 heteroatoms. The minimum Gasteiger partial charge on any atom is -0.445 e. The number of aryl methyl sites for hydroxylation is 2. The lowest BCUT2D eigenvalue weighted by atomic mass is 9.91. The van der Waals surface area contributed by atoms with Crippen LogP contribution in [-0.4, -0.2) is 41.3 Å². The van der Waals surface area contributed by atoms with Gasteiger partial charge in [0.05, 0.1) is 31.0 Å². The van der Waals surface area contributed by atoms with E-state index in [0.29, 0.717) is 13.2 Å². The van der Waals surface area contributed by atoms with E-state index in [0.717, 1.165) is 23.2 Å². The van der Waals surface area contributed by atoms with Crippen LogP contribution in [0.3, 0.4) is 0 Å². The molecule has 140 valence electrons. The number of benzene rings is 1. The van der Waals surface area contributed by atoms with Crippen molar-refractivity contribution in [2.45, 2.75) is 39.0 Å². The maximum Gasteiger partial charge on any atom is 0.411 e. The predicted octanol–water partition coefficient (Wildman–Crippen LogP) is 3.89. The second kappa shape index (κ2) is 7.53. The van der Waals surface area contributed by atoms with Gasteiger partial charge in [0.15, 0.2) is 0 Å². The molecule has 2 atom stereocenters. The molecule has 3 heterocycles. The first-order valence-corrected chi connectivity index (χ1v) is 9.33. The minimum atomic E-state index is -0.277. The Morgan fingerprint density at radius 1 is 1.26 bits per heavy atom. The SMILES string of the molecule is Cc1cnc(C2=CC3COCC(C2)N3C(=O)OCc2ccccc2)c(C)c1. The smallest absolute Gasteiger partial charge is 0.411 e. The van der Waals surface area contributed by atoms with Crippen molar-refractivity contribution < 1.29 is 14.3 Å². The second-order valence-corrected chi connectivity index (χ2v) is 7.28. The van der Waals surface area contributed by atoms with Crippen LogP contribution in [-0.2, 0) is 16.1 Å². The van der Waals surface area contributed by atoms with E-state index in [2.05, 4.69) is 24.1 Å². The molecule has 2 aliphatic heterocycles. The highest BCUT2D eigenvalue weighted by Gasteiger charge is 2.39. The number of rotatable bonds is 3. The number of morpholine rings is 1. The van der Waals surface area contributed by atoms with Crippen LogP contribution in [0.2, 0.25) is 0 Å². The third kappa shape index (κ3) is 3.74. The summed E-state index contributed by atoms with van der Waals surface area (Å²) >= 11 is 0. The number of pyridine rings is 1. The van der Waals surface area contributed by atoms with Gasteiger partial charge >= 0.3 is 6.09 Å². The van der Waals surface area contributed by atoms with Crippen molar-refractivity contribution >= 4 is 11.7 Å². The second-order valence-electron chi connectivity index (χ2n) is 7.28. The first kappa shape index (κ1) is 17.7. The Hall–Kier alpha value is -2.66. The average molecular weight is 364 g/mol. The molecule has 1 aromatic heterocycles. The largest absolute Gasteiger partial charge is 0.445 e. The summed E-state index contributed by atoms with van der Waals surface area (Å²) in [5.41, 5.74) is 5.52. The van der Waals surface area contributed by atoms with Crippen molar-refractivity contribution in [1.29, 1.82) is 0 Å². The Morgan fingerprint density at radius 2 is 2.07 bits per heavy atom. The van der Waals surface area contributed by atoms with Crippen LogP contribution in [0.25, 0.3) is 5.57 Å². The molecule has 0 aliphatic carbocycles. The molecule has 1 fully saturated rings. The zero-order valence-corrected chi connectivity index (χ0v) is 15.7. The Bertz CT molecular complexity index is 863. The summed E-state index contributed by atoms with van der Waals surface area (Å²) in [6, 6.07) is 11.8. The maximum absolute atomic E-state index is 12.7. The van der Waals surface area contributed by atoms with Gasteiger partial charge in [0.2, 0.25) is 0 Å². The normalized spacial score (nSPS) is 21.6. The molecule has 0 radical (unpaired) electrons. The molecule has 27 heavy (non-hydrogen) atoms. The molecule has 2 unspecified atom stereocenters. The van der Waals surface area contributed by atoms with Crippen molar-refractivity contribution in [3.8, 4) is 0 Å². The molecule has 1 amide bonds. The van der Waals surface area contributed by atoms with E-state index in [4.69, 9.17) is 9.47 Å². The summed E-state index contributed by atoms with van der Waals surface area (Å²) in [6.07, 6.45) is 4.47. The lowest BCUT2D eigenvalue weighted by Crippen LogP contribution is -2.56. The number of amides is 1. The Morgan fingerprint density at radius 3 is 2.81 bits per heavy atom. The van der Waals surface area contributed by atoms with E-state index in [1.165, 1.54) is 11.1 Å². The summed E-state index contributed by atoms with van der Waals surface area (Å²) < 4.78 is 11.3. The first-order valence-electron chi connectivity index (χ1n) is 9.33. The number of fused-ring (bicyclic) bond motifs is 2. The summed E-state index contributed by atoms with van der Waals surface area (Å²) in [4.78, 5) is 19.2. The van der Waals surface area contributed by atoms with E-state index >= 15 is 0 Å². The Balaban J connectivity index is 1.52. The van der Waals surface area contributed by atoms with Crippen LogP contribution in [0.5, 0.6) is 0 Å². The fraction of sp³-hybridized carbons (Fsp3) is 0.364. The van der Waals surface area contributed by atoms with Gasteiger partial charge in [0.25, 0.3) is 0 Å². The highest BCUT2D eigenvalue weighted by atomic mass is 16.6. The molecule has 0 spiro atoms. The predicted molar refractivity (Wildman–Crippen MR) is 103 cm³/mol. The average Bonchev–Trinajstić information content (AvgIpc) is 2.66. The van der Waals surface area contributed by atoms with Crippen LogP contribution in [0.15, 0.2) is 48.7 Å². The van der Waals surface area contributed by atoms with Gasteiger partial charge in [-0.2, -0.15) is 0 Å². The van der Waals surface area contributed by atoms with Gasteiger partial charge < -0.3 is 9.47 Å². The number of hydrogen-bond acceptors (Lipinski definition) is 4. The zero-order chi connectivity index (χ0) is 18.8. The van der Waals surface area contributed by atoms with Gasteiger partial charge in [0, 0.05) is 6.20 Å². The number of carbonyl (C=O) groups excluding carboxylic acids is 1.